The average Bonchev–Trinajstić information content (AvgIpc) is 2.76. The summed E-state index contributed by atoms with van der Waals surface area (Å²) >= 11 is 0. The molecular weight excluding hydrogens is 268 g/mol. The number of hydrogen-bond acceptors (Lipinski definition) is 5. The Hall–Kier alpha value is -1.66. The van der Waals surface area contributed by atoms with E-state index in [1.807, 2.05) is 11.8 Å². The zero-order chi connectivity index (χ0) is 15.0. The highest BCUT2D eigenvalue weighted by atomic mass is 16.3. The van der Waals surface area contributed by atoms with Crippen molar-refractivity contribution in [1.29, 1.82) is 0 Å². The number of piperazine rings is 1. The molecule has 2 aliphatic heterocycles. The molecule has 2 fully saturated rings. The Balaban J connectivity index is 1.72. The van der Waals surface area contributed by atoms with Crippen LogP contribution in [0.1, 0.15) is 30.1 Å². The van der Waals surface area contributed by atoms with Crippen LogP contribution in [0.5, 0.6) is 0 Å². The van der Waals surface area contributed by atoms with Gasteiger partial charge in [-0.3, -0.25) is 9.69 Å². The van der Waals surface area contributed by atoms with Gasteiger partial charge in [0, 0.05) is 37.4 Å². The molecule has 0 saturated carbocycles. The normalized spacial score (nSPS) is 26.9. The summed E-state index contributed by atoms with van der Waals surface area (Å²) in [6, 6.07) is 4.27. The first-order chi connectivity index (χ1) is 10.1. The molecule has 6 heteroatoms. The molecule has 2 bridgehead atoms. The summed E-state index contributed by atoms with van der Waals surface area (Å²) in [7, 11) is 0. The topological polar surface area (TPSA) is 82.7 Å². The van der Waals surface area contributed by atoms with Gasteiger partial charge in [-0.05, 0) is 31.9 Å². The number of anilines is 1. The van der Waals surface area contributed by atoms with Crippen molar-refractivity contribution >= 4 is 11.7 Å². The summed E-state index contributed by atoms with van der Waals surface area (Å²) in [6.07, 6.45) is 3.74. The van der Waals surface area contributed by atoms with E-state index in [1.165, 1.54) is 0 Å². The van der Waals surface area contributed by atoms with Gasteiger partial charge in [-0.25, -0.2) is 4.98 Å². The Morgan fingerprint density at radius 1 is 1.43 bits per heavy atom. The van der Waals surface area contributed by atoms with Gasteiger partial charge in [0.15, 0.2) is 0 Å². The summed E-state index contributed by atoms with van der Waals surface area (Å²) in [5.74, 6) is 0.448. The third-order valence-corrected chi connectivity index (χ3v) is 4.63. The molecule has 3 heterocycles. The third-order valence-electron chi connectivity index (χ3n) is 4.63. The number of aliphatic hydroxyl groups excluding tert-OH is 1. The van der Waals surface area contributed by atoms with Gasteiger partial charge < -0.3 is 15.7 Å². The predicted molar refractivity (Wildman–Crippen MR) is 79.7 cm³/mol. The molecule has 1 amide bonds. The number of pyridine rings is 1. The van der Waals surface area contributed by atoms with Gasteiger partial charge in [0.05, 0.1) is 12.2 Å². The van der Waals surface area contributed by atoms with E-state index >= 15 is 0 Å². The van der Waals surface area contributed by atoms with Crippen molar-refractivity contribution in [3.05, 3.63) is 23.9 Å². The molecule has 6 nitrogen and oxygen atoms in total. The van der Waals surface area contributed by atoms with E-state index in [0.29, 0.717) is 23.5 Å². The lowest BCUT2D eigenvalue weighted by Crippen LogP contribution is -2.58. The fourth-order valence-electron chi connectivity index (χ4n) is 3.63. The predicted octanol–water partition coefficient (Wildman–Crippen LogP) is 0.333. The molecule has 1 aromatic heterocycles. The van der Waals surface area contributed by atoms with Gasteiger partial charge in [-0.15, -0.1) is 0 Å². The number of nitrogen functional groups attached to an aromatic ring is 1. The minimum atomic E-state index is 0.0238. The number of rotatable bonds is 3. The van der Waals surface area contributed by atoms with E-state index in [4.69, 9.17) is 5.73 Å². The number of carbonyl (C=O) groups excluding carboxylic acids is 1. The number of aliphatic hydroxyl groups is 1. The molecule has 3 rings (SSSR count). The minimum absolute atomic E-state index is 0.0238. The summed E-state index contributed by atoms with van der Waals surface area (Å²) in [6.45, 7) is 3.67. The smallest absolute Gasteiger partial charge is 0.255 e. The van der Waals surface area contributed by atoms with Crippen molar-refractivity contribution in [3.63, 3.8) is 0 Å². The second kappa shape index (κ2) is 5.61. The maximum absolute atomic E-state index is 12.6. The maximum atomic E-state index is 12.6. The fourth-order valence-corrected chi connectivity index (χ4v) is 3.63. The lowest BCUT2D eigenvalue weighted by atomic mass is 10.1. The van der Waals surface area contributed by atoms with E-state index in [1.54, 1.807) is 18.3 Å². The number of carbonyl (C=O) groups is 1. The summed E-state index contributed by atoms with van der Waals surface area (Å²) in [5, 5.41) is 9.39. The first kappa shape index (κ1) is 14.3. The number of amides is 1. The van der Waals surface area contributed by atoms with Gasteiger partial charge in [-0.1, -0.05) is 0 Å². The SMILES string of the molecule is CC(CO)N1C2CCC1CN(C(=O)c1ccc(N)nc1)C2. The summed E-state index contributed by atoms with van der Waals surface area (Å²) < 4.78 is 0. The molecule has 2 aliphatic rings. The van der Waals surface area contributed by atoms with Crippen LogP contribution in [0.2, 0.25) is 0 Å². The van der Waals surface area contributed by atoms with Crippen molar-refractivity contribution in [2.24, 2.45) is 0 Å². The van der Waals surface area contributed by atoms with Crippen LogP contribution in [0.25, 0.3) is 0 Å². The van der Waals surface area contributed by atoms with Crippen LogP contribution in [0.4, 0.5) is 5.82 Å². The zero-order valence-corrected chi connectivity index (χ0v) is 12.3. The molecule has 0 spiro atoms. The van der Waals surface area contributed by atoms with Crippen LogP contribution < -0.4 is 5.73 Å². The van der Waals surface area contributed by atoms with E-state index in [-0.39, 0.29) is 18.6 Å². The number of hydrogen-bond donors (Lipinski definition) is 2. The van der Waals surface area contributed by atoms with Crippen molar-refractivity contribution in [1.82, 2.24) is 14.8 Å². The van der Waals surface area contributed by atoms with Gasteiger partial charge in [-0.2, -0.15) is 0 Å². The van der Waals surface area contributed by atoms with Crippen molar-refractivity contribution in [3.8, 4) is 0 Å². The molecule has 1 aromatic rings. The highest BCUT2D eigenvalue weighted by Gasteiger charge is 2.43. The van der Waals surface area contributed by atoms with Gasteiger partial charge in [0.25, 0.3) is 5.91 Å². The highest BCUT2D eigenvalue weighted by Crippen LogP contribution is 2.32. The maximum Gasteiger partial charge on any atom is 0.255 e. The Labute approximate surface area is 124 Å². The lowest BCUT2D eigenvalue weighted by molar-refractivity contribution is 0.0174. The zero-order valence-electron chi connectivity index (χ0n) is 12.3. The molecule has 0 radical (unpaired) electrons. The molecule has 21 heavy (non-hydrogen) atoms. The van der Waals surface area contributed by atoms with Gasteiger partial charge in [0.1, 0.15) is 5.82 Å². The number of fused-ring (bicyclic) bond motifs is 2. The second-order valence-electron chi connectivity index (χ2n) is 6.05. The Bertz CT molecular complexity index is 505. The number of likely N-dealkylation sites (tertiary alicyclic amines) is 1. The van der Waals surface area contributed by atoms with Crippen molar-refractivity contribution in [2.75, 3.05) is 25.4 Å². The average molecular weight is 290 g/mol. The minimum Gasteiger partial charge on any atom is -0.395 e. The van der Waals surface area contributed by atoms with Gasteiger partial charge >= 0.3 is 0 Å². The molecule has 0 aromatic carbocycles. The van der Waals surface area contributed by atoms with Crippen LogP contribution in [-0.2, 0) is 0 Å². The second-order valence-corrected chi connectivity index (χ2v) is 6.05. The van der Waals surface area contributed by atoms with E-state index in [2.05, 4.69) is 9.88 Å². The molecule has 2 saturated heterocycles. The van der Waals surface area contributed by atoms with Crippen molar-refractivity contribution in [2.45, 2.75) is 37.9 Å². The molecule has 114 valence electrons. The number of aromatic nitrogens is 1. The lowest BCUT2D eigenvalue weighted by Gasteiger charge is -2.43. The summed E-state index contributed by atoms with van der Waals surface area (Å²) in [5.41, 5.74) is 6.15. The van der Waals surface area contributed by atoms with Crippen molar-refractivity contribution < 1.29 is 9.90 Å². The Kier molecular flexibility index (Phi) is 3.82. The first-order valence-electron chi connectivity index (χ1n) is 7.49. The number of nitrogens with two attached hydrogens (primary N) is 1. The summed E-state index contributed by atoms with van der Waals surface area (Å²) in [4.78, 5) is 20.8. The standard InChI is InChI=1S/C15H22N4O2/c1-10(9-20)19-12-3-4-13(19)8-18(7-12)15(21)11-2-5-14(16)17-6-11/h2,5-6,10,12-13,20H,3-4,7-9H2,1H3,(H2,16,17). The largest absolute Gasteiger partial charge is 0.395 e. The first-order valence-corrected chi connectivity index (χ1v) is 7.49. The van der Waals surface area contributed by atoms with Crippen LogP contribution in [-0.4, -0.2) is 63.6 Å². The van der Waals surface area contributed by atoms with Crippen LogP contribution in [0.3, 0.4) is 0 Å². The van der Waals surface area contributed by atoms with Crippen LogP contribution in [0, 0.1) is 0 Å². The molecular formula is C15H22N4O2. The highest BCUT2D eigenvalue weighted by molar-refractivity contribution is 5.94. The third kappa shape index (κ3) is 2.61. The molecule has 3 unspecified atom stereocenters. The van der Waals surface area contributed by atoms with E-state index in [0.717, 1.165) is 25.9 Å². The van der Waals surface area contributed by atoms with Gasteiger partial charge in [0.2, 0.25) is 0 Å². The fraction of sp³-hybridized carbons (Fsp3) is 0.600. The Morgan fingerprint density at radius 2 is 2.10 bits per heavy atom. The quantitative estimate of drug-likeness (QED) is 0.838. The number of nitrogens with zero attached hydrogens (tertiary/aromatic N) is 3. The molecule has 0 aliphatic carbocycles. The van der Waals surface area contributed by atoms with Crippen LogP contribution >= 0.6 is 0 Å². The van der Waals surface area contributed by atoms with E-state index in [9.17, 15) is 9.90 Å². The van der Waals surface area contributed by atoms with E-state index < -0.39 is 0 Å². The molecule has 3 atom stereocenters. The monoisotopic (exact) mass is 290 g/mol. The molecule has 3 N–H and O–H groups in total. The Morgan fingerprint density at radius 3 is 2.62 bits per heavy atom. The van der Waals surface area contributed by atoms with Crippen LogP contribution in [0.15, 0.2) is 18.3 Å².